The minimum Gasteiger partial charge on any atom is -0.347 e. The van der Waals surface area contributed by atoms with Crippen LogP contribution in [0.4, 0.5) is 0 Å². The number of hydrogen-bond acceptors (Lipinski definition) is 4. The fraction of sp³-hybridized carbons (Fsp3) is 0.500. The average Bonchev–Trinajstić information content (AvgIpc) is 2.45. The van der Waals surface area contributed by atoms with Gasteiger partial charge in [0.25, 0.3) is 5.91 Å². The zero-order valence-electron chi connectivity index (χ0n) is 11.3. The van der Waals surface area contributed by atoms with E-state index in [0.717, 1.165) is 31.6 Å². The third kappa shape index (κ3) is 3.61. The number of nitrogens with zero attached hydrogens (tertiary/aromatic N) is 3. The summed E-state index contributed by atoms with van der Waals surface area (Å²) in [6.45, 7) is 6.12. The maximum atomic E-state index is 11.8. The molecule has 102 valence electrons. The van der Waals surface area contributed by atoms with E-state index in [1.165, 1.54) is 6.20 Å². The van der Waals surface area contributed by atoms with Crippen molar-refractivity contribution in [3.63, 3.8) is 0 Å². The first-order valence-corrected chi connectivity index (χ1v) is 6.60. The first-order valence-electron chi connectivity index (χ1n) is 6.60. The van der Waals surface area contributed by atoms with Gasteiger partial charge < -0.3 is 10.2 Å². The fourth-order valence-electron chi connectivity index (χ4n) is 2.35. The number of rotatable bonds is 4. The topological polar surface area (TPSA) is 58.1 Å². The summed E-state index contributed by atoms with van der Waals surface area (Å²) in [5, 5.41) is 2.72. The number of hydrogen-bond donors (Lipinski definition) is 1. The van der Waals surface area contributed by atoms with E-state index >= 15 is 0 Å². The van der Waals surface area contributed by atoms with Gasteiger partial charge in [-0.1, -0.05) is 6.08 Å². The summed E-state index contributed by atoms with van der Waals surface area (Å²) >= 11 is 0. The summed E-state index contributed by atoms with van der Waals surface area (Å²) in [6, 6.07) is 0. The Bertz CT molecular complexity index is 461. The van der Waals surface area contributed by atoms with E-state index in [0.29, 0.717) is 18.2 Å². The molecule has 1 unspecified atom stereocenters. The van der Waals surface area contributed by atoms with Crippen molar-refractivity contribution in [2.45, 2.75) is 18.8 Å². The van der Waals surface area contributed by atoms with Crippen LogP contribution in [0.3, 0.4) is 0 Å². The van der Waals surface area contributed by atoms with Crippen molar-refractivity contribution >= 4 is 5.91 Å². The lowest BCUT2D eigenvalue weighted by molar-refractivity contribution is 0.0952. The van der Waals surface area contributed by atoms with E-state index in [9.17, 15) is 4.79 Å². The summed E-state index contributed by atoms with van der Waals surface area (Å²) in [6.07, 6.45) is 7.19. The van der Waals surface area contributed by atoms with E-state index in [1.54, 1.807) is 12.3 Å². The molecule has 0 bridgehead atoms. The molecule has 1 atom stereocenters. The average molecular weight is 260 g/mol. The summed E-state index contributed by atoms with van der Waals surface area (Å²) in [5.74, 6) is 0.178. The Morgan fingerprint density at radius 2 is 2.47 bits per heavy atom. The van der Waals surface area contributed by atoms with E-state index in [2.05, 4.69) is 33.8 Å². The van der Waals surface area contributed by atoms with E-state index in [-0.39, 0.29) is 5.91 Å². The second kappa shape index (κ2) is 6.43. The number of likely N-dealkylation sites (tertiary alicyclic amines) is 1. The number of aromatic nitrogens is 2. The molecule has 0 aliphatic carbocycles. The Morgan fingerprint density at radius 1 is 1.63 bits per heavy atom. The molecule has 5 nitrogen and oxygen atoms in total. The number of piperidine rings is 1. The Balaban J connectivity index is 2.10. The maximum absolute atomic E-state index is 11.8. The molecule has 1 aliphatic rings. The zero-order valence-corrected chi connectivity index (χ0v) is 11.3. The predicted octanol–water partition coefficient (Wildman–Crippen LogP) is 1.20. The van der Waals surface area contributed by atoms with Crippen molar-refractivity contribution in [2.75, 3.05) is 26.7 Å². The van der Waals surface area contributed by atoms with Crippen LogP contribution in [-0.4, -0.2) is 47.5 Å². The normalized spacial score (nSPS) is 19.9. The Morgan fingerprint density at radius 3 is 3.21 bits per heavy atom. The van der Waals surface area contributed by atoms with Crippen LogP contribution in [0.1, 0.15) is 34.9 Å². The predicted molar refractivity (Wildman–Crippen MR) is 74.0 cm³/mol. The van der Waals surface area contributed by atoms with Crippen LogP contribution in [0.5, 0.6) is 0 Å². The standard InChI is InChI=1S/C14H20N4O/c1-3-6-16-14(19)13-9-15-8-12(17-13)11-5-4-7-18(2)10-11/h3,8-9,11H,1,4-7,10H2,2H3,(H,16,19). The first-order chi connectivity index (χ1) is 9.20. The molecule has 1 amide bonds. The molecular formula is C14H20N4O. The monoisotopic (exact) mass is 260 g/mol. The Hall–Kier alpha value is -1.75. The van der Waals surface area contributed by atoms with Crippen LogP contribution in [0.15, 0.2) is 25.0 Å². The van der Waals surface area contributed by atoms with Crippen LogP contribution in [0, 0.1) is 0 Å². The van der Waals surface area contributed by atoms with Gasteiger partial charge in [-0.05, 0) is 26.4 Å². The van der Waals surface area contributed by atoms with Crippen LogP contribution in [0.2, 0.25) is 0 Å². The molecule has 0 aromatic carbocycles. The SMILES string of the molecule is C=CCNC(=O)c1cncc(C2CCCN(C)C2)n1. The quantitative estimate of drug-likeness (QED) is 0.827. The summed E-state index contributed by atoms with van der Waals surface area (Å²) in [5.41, 5.74) is 1.30. The van der Waals surface area contributed by atoms with E-state index in [4.69, 9.17) is 0 Å². The minimum atomic E-state index is -0.196. The largest absolute Gasteiger partial charge is 0.347 e. The number of carbonyl (C=O) groups is 1. The molecule has 0 spiro atoms. The van der Waals surface area contributed by atoms with Crippen molar-refractivity contribution in [3.05, 3.63) is 36.4 Å². The van der Waals surface area contributed by atoms with Gasteiger partial charge in [0.1, 0.15) is 5.69 Å². The third-order valence-electron chi connectivity index (χ3n) is 3.34. The highest BCUT2D eigenvalue weighted by molar-refractivity contribution is 5.92. The highest BCUT2D eigenvalue weighted by Crippen LogP contribution is 2.24. The van der Waals surface area contributed by atoms with Crippen molar-refractivity contribution < 1.29 is 4.79 Å². The molecule has 2 rings (SSSR count). The van der Waals surface area contributed by atoms with Gasteiger partial charge in [-0.2, -0.15) is 0 Å². The molecule has 5 heteroatoms. The molecular weight excluding hydrogens is 240 g/mol. The van der Waals surface area contributed by atoms with Crippen LogP contribution in [0.25, 0.3) is 0 Å². The van der Waals surface area contributed by atoms with Gasteiger partial charge in [-0.3, -0.25) is 9.78 Å². The molecule has 1 N–H and O–H groups in total. The van der Waals surface area contributed by atoms with Crippen LogP contribution < -0.4 is 5.32 Å². The smallest absolute Gasteiger partial charge is 0.271 e. The zero-order chi connectivity index (χ0) is 13.7. The van der Waals surface area contributed by atoms with Crippen molar-refractivity contribution in [1.82, 2.24) is 20.2 Å². The molecule has 0 saturated carbocycles. The van der Waals surface area contributed by atoms with Crippen LogP contribution in [-0.2, 0) is 0 Å². The number of carbonyl (C=O) groups excluding carboxylic acids is 1. The molecule has 1 saturated heterocycles. The lowest BCUT2D eigenvalue weighted by Gasteiger charge is -2.29. The van der Waals surface area contributed by atoms with Gasteiger partial charge in [-0.25, -0.2) is 4.98 Å². The Kier molecular flexibility index (Phi) is 4.63. The Labute approximate surface area is 113 Å². The molecule has 1 aromatic rings. The summed E-state index contributed by atoms with van der Waals surface area (Å²) in [4.78, 5) is 22.7. The minimum absolute atomic E-state index is 0.196. The number of likely N-dealkylation sites (N-methyl/N-ethyl adjacent to an activating group) is 1. The van der Waals surface area contributed by atoms with E-state index in [1.807, 2.05) is 0 Å². The molecule has 0 radical (unpaired) electrons. The van der Waals surface area contributed by atoms with Gasteiger partial charge in [-0.15, -0.1) is 6.58 Å². The van der Waals surface area contributed by atoms with Crippen molar-refractivity contribution in [1.29, 1.82) is 0 Å². The van der Waals surface area contributed by atoms with Gasteiger partial charge in [0.05, 0.1) is 11.9 Å². The van der Waals surface area contributed by atoms with Gasteiger partial charge in [0.2, 0.25) is 0 Å². The first kappa shape index (κ1) is 13.7. The molecule has 2 heterocycles. The molecule has 1 aliphatic heterocycles. The summed E-state index contributed by atoms with van der Waals surface area (Å²) in [7, 11) is 2.11. The highest BCUT2D eigenvalue weighted by Gasteiger charge is 2.21. The lowest BCUT2D eigenvalue weighted by atomic mass is 9.95. The summed E-state index contributed by atoms with van der Waals surface area (Å²) < 4.78 is 0. The third-order valence-corrected chi connectivity index (χ3v) is 3.34. The van der Waals surface area contributed by atoms with Crippen LogP contribution >= 0.6 is 0 Å². The molecule has 19 heavy (non-hydrogen) atoms. The number of nitrogens with one attached hydrogen (secondary N) is 1. The number of amides is 1. The highest BCUT2D eigenvalue weighted by atomic mass is 16.1. The second-order valence-corrected chi connectivity index (χ2v) is 4.93. The lowest BCUT2D eigenvalue weighted by Crippen LogP contribution is -2.32. The van der Waals surface area contributed by atoms with Gasteiger partial charge in [0.15, 0.2) is 0 Å². The molecule has 1 aromatic heterocycles. The molecule has 1 fully saturated rings. The second-order valence-electron chi connectivity index (χ2n) is 4.93. The van der Waals surface area contributed by atoms with E-state index < -0.39 is 0 Å². The van der Waals surface area contributed by atoms with Crippen molar-refractivity contribution in [3.8, 4) is 0 Å². The van der Waals surface area contributed by atoms with Gasteiger partial charge >= 0.3 is 0 Å². The van der Waals surface area contributed by atoms with Gasteiger partial charge in [0, 0.05) is 25.2 Å². The maximum Gasteiger partial charge on any atom is 0.271 e. The van der Waals surface area contributed by atoms with Crippen molar-refractivity contribution in [2.24, 2.45) is 0 Å². The fourth-order valence-corrected chi connectivity index (χ4v) is 2.35.